The number of rotatable bonds is 7. The highest BCUT2D eigenvalue weighted by Crippen LogP contribution is 2.28. The lowest BCUT2D eigenvalue weighted by Crippen LogP contribution is -2.35. The molecule has 0 aliphatic heterocycles. The Balaban J connectivity index is 2.77. The van der Waals surface area contributed by atoms with Gasteiger partial charge in [-0.15, -0.1) is 0 Å². The molecule has 0 atom stereocenters. The number of alkyl halides is 1. The molecule has 0 radical (unpaired) electrons. The fourth-order valence-corrected chi connectivity index (χ4v) is 1.57. The summed E-state index contributed by atoms with van der Waals surface area (Å²) in [4.78, 5) is 0. The summed E-state index contributed by atoms with van der Waals surface area (Å²) in [5, 5.41) is 3.41. The zero-order valence-electron chi connectivity index (χ0n) is 12.3. The largest absolute Gasteiger partial charge is 0.490 e. The van der Waals surface area contributed by atoms with E-state index in [-0.39, 0.29) is 12.1 Å². The maximum absolute atomic E-state index is 12.2. The van der Waals surface area contributed by atoms with Crippen LogP contribution in [0, 0.1) is 0 Å². The van der Waals surface area contributed by atoms with Gasteiger partial charge in [-0.3, -0.25) is 0 Å². The monoisotopic (exact) mass is 269 g/mol. The fraction of sp³-hybridized carbons (Fsp3) is 0.600. The maximum atomic E-state index is 12.2. The second-order valence-electron chi connectivity index (χ2n) is 5.36. The predicted molar refractivity (Wildman–Crippen MR) is 75.7 cm³/mol. The van der Waals surface area contributed by atoms with Crippen LogP contribution in [-0.2, 0) is 6.54 Å². The molecule has 1 rings (SSSR count). The summed E-state index contributed by atoms with van der Waals surface area (Å²) in [5.74, 6) is 1.27. The van der Waals surface area contributed by atoms with Crippen molar-refractivity contribution in [2.45, 2.75) is 39.8 Å². The Morgan fingerprint density at radius 2 is 1.89 bits per heavy atom. The van der Waals surface area contributed by atoms with Crippen molar-refractivity contribution in [1.29, 1.82) is 0 Å². The van der Waals surface area contributed by atoms with E-state index in [0.717, 1.165) is 12.1 Å². The molecule has 0 amide bonds. The third kappa shape index (κ3) is 5.92. The minimum Gasteiger partial charge on any atom is -0.490 e. The first kappa shape index (κ1) is 15.8. The van der Waals surface area contributed by atoms with Gasteiger partial charge < -0.3 is 14.8 Å². The van der Waals surface area contributed by atoms with E-state index in [4.69, 9.17) is 9.47 Å². The van der Waals surface area contributed by atoms with Crippen LogP contribution < -0.4 is 14.8 Å². The minimum absolute atomic E-state index is 0.0552. The van der Waals surface area contributed by atoms with Crippen LogP contribution in [0.4, 0.5) is 4.39 Å². The van der Waals surface area contributed by atoms with E-state index >= 15 is 0 Å². The molecule has 0 bridgehead atoms. The van der Waals surface area contributed by atoms with Crippen molar-refractivity contribution in [2.24, 2.45) is 0 Å². The second-order valence-corrected chi connectivity index (χ2v) is 5.36. The van der Waals surface area contributed by atoms with Gasteiger partial charge in [-0.25, -0.2) is 4.39 Å². The molecule has 3 nitrogen and oxygen atoms in total. The van der Waals surface area contributed by atoms with Gasteiger partial charge in [0.2, 0.25) is 0 Å². The van der Waals surface area contributed by atoms with Crippen molar-refractivity contribution in [3.05, 3.63) is 23.8 Å². The van der Waals surface area contributed by atoms with Crippen molar-refractivity contribution in [2.75, 3.05) is 19.9 Å². The molecule has 0 heterocycles. The smallest absolute Gasteiger partial charge is 0.161 e. The van der Waals surface area contributed by atoms with E-state index in [2.05, 4.69) is 26.1 Å². The lowest BCUT2D eigenvalue weighted by molar-refractivity contribution is 0.251. The molecule has 1 aromatic rings. The predicted octanol–water partition coefficient (Wildman–Crippen LogP) is 3.32. The Morgan fingerprint density at radius 3 is 2.47 bits per heavy atom. The first-order chi connectivity index (χ1) is 8.96. The van der Waals surface area contributed by atoms with Gasteiger partial charge in [0.05, 0.1) is 6.61 Å². The molecule has 0 saturated carbocycles. The Kier molecular flexibility index (Phi) is 6.09. The maximum Gasteiger partial charge on any atom is 0.161 e. The average Bonchev–Trinajstić information content (AvgIpc) is 2.35. The third-order valence-corrected chi connectivity index (χ3v) is 2.47. The molecule has 1 aromatic carbocycles. The van der Waals surface area contributed by atoms with E-state index in [1.165, 1.54) is 0 Å². The lowest BCUT2D eigenvalue weighted by atomic mass is 10.1. The average molecular weight is 269 g/mol. The number of nitrogens with one attached hydrogen (secondary N) is 1. The molecule has 0 fully saturated rings. The SMILES string of the molecule is CCOc1cc(CNC(C)(C)C)ccc1OCCF. The molecule has 108 valence electrons. The zero-order chi connectivity index (χ0) is 14.3. The molecule has 0 spiro atoms. The van der Waals surface area contributed by atoms with Gasteiger partial charge in [-0.2, -0.15) is 0 Å². The molecule has 0 aromatic heterocycles. The van der Waals surface area contributed by atoms with Crippen molar-refractivity contribution in [1.82, 2.24) is 5.32 Å². The highest BCUT2D eigenvalue weighted by molar-refractivity contribution is 5.43. The zero-order valence-corrected chi connectivity index (χ0v) is 12.3. The first-order valence-electron chi connectivity index (χ1n) is 6.66. The highest BCUT2D eigenvalue weighted by Gasteiger charge is 2.10. The third-order valence-electron chi connectivity index (χ3n) is 2.47. The number of ether oxygens (including phenoxy) is 2. The number of hydrogen-bond donors (Lipinski definition) is 1. The molecule has 1 N–H and O–H groups in total. The van der Waals surface area contributed by atoms with E-state index in [1.54, 1.807) is 0 Å². The van der Waals surface area contributed by atoms with E-state index in [0.29, 0.717) is 18.1 Å². The quantitative estimate of drug-likeness (QED) is 0.823. The summed E-state index contributed by atoms with van der Waals surface area (Å²) in [6, 6.07) is 5.74. The molecule has 4 heteroatoms. The summed E-state index contributed by atoms with van der Waals surface area (Å²) in [5.41, 5.74) is 1.18. The normalized spacial score (nSPS) is 11.4. The second kappa shape index (κ2) is 7.34. The molecule has 0 aliphatic rings. The van der Waals surface area contributed by atoms with Crippen molar-refractivity contribution >= 4 is 0 Å². The van der Waals surface area contributed by atoms with Crippen LogP contribution in [0.15, 0.2) is 18.2 Å². The van der Waals surface area contributed by atoms with Crippen LogP contribution in [0.3, 0.4) is 0 Å². The molecular weight excluding hydrogens is 245 g/mol. The highest BCUT2D eigenvalue weighted by atomic mass is 19.1. The van der Waals surface area contributed by atoms with Gasteiger partial charge in [0.25, 0.3) is 0 Å². The standard InChI is InChI=1S/C15H24FNO2/c1-5-18-14-10-12(11-17-15(2,3)4)6-7-13(14)19-9-8-16/h6-7,10,17H,5,8-9,11H2,1-4H3. The summed E-state index contributed by atoms with van der Waals surface area (Å²) in [7, 11) is 0. The van der Waals surface area contributed by atoms with Crippen LogP contribution in [0.25, 0.3) is 0 Å². The van der Waals surface area contributed by atoms with Gasteiger partial charge in [-0.1, -0.05) is 6.07 Å². The molecule has 0 saturated heterocycles. The number of benzene rings is 1. The molecule has 0 aliphatic carbocycles. The number of halogens is 1. The summed E-state index contributed by atoms with van der Waals surface area (Å²) >= 11 is 0. The summed E-state index contributed by atoms with van der Waals surface area (Å²) in [6.07, 6.45) is 0. The van der Waals surface area contributed by atoms with Gasteiger partial charge in [0, 0.05) is 12.1 Å². The van der Waals surface area contributed by atoms with Crippen molar-refractivity contribution in [3.63, 3.8) is 0 Å². The Bertz CT molecular complexity index is 388. The van der Waals surface area contributed by atoms with Gasteiger partial charge >= 0.3 is 0 Å². The molecule has 19 heavy (non-hydrogen) atoms. The van der Waals surface area contributed by atoms with Gasteiger partial charge in [-0.05, 0) is 45.4 Å². The van der Waals surface area contributed by atoms with Gasteiger partial charge in [0.1, 0.15) is 13.3 Å². The van der Waals surface area contributed by atoms with Crippen LogP contribution in [0.1, 0.15) is 33.3 Å². The topological polar surface area (TPSA) is 30.5 Å². The van der Waals surface area contributed by atoms with Crippen molar-refractivity contribution < 1.29 is 13.9 Å². The summed E-state index contributed by atoms with van der Waals surface area (Å²) < 4.78 is 23.0. The molecular formula is C15H24FNO2. The van der Waals surface area contributed by atoms with Crippen LogP contribution in [0.2, 0.25) is 0 Å². The van der Waals surface area contributed by atoms with Crippen LogP contribution >= 0.6 is 0 Å². The van der Waals surface area contributed by atoms with E-state index < -0.39 is 6.67 Å². The number of hydrogen-bond acceptors (Lipinski definition) is 3. The van der Waals surface area contributed by atoms with Crippen molar-refractivity contribution in [3.8, 4) is 11.5 Å². The van der Waals surface area contributed by atoms with E-state index in [9.17, 15) is 4.39 Å². The van der Waals surface area contributed by atoms with Crippen LogP contribution in [-0.4, -0.2) is 25.4 Å². The Labute approximate surface area is 115 Å². The summed E-state index contributed by atoms with van der Waals surface area (Å²) in [6.45, 7) is 9.15. The molecule has 0 unspecified atom stereocenters. The van der Waals surface area contributed by atoms with E-state index in [1.807, 2.05) is 25.1 Å². The van der Waals surface area contributed by atoms with Crippen LogP contribution in [0.5, 0.6) is 11.5 Å². The Hall–Kier alpha value is -1.29. The van der Waals surface area contributed by atoms with Gasteiger partial charge in [0.15, 0.2) is 11.5 Å². The minimum atomic E-state index is -0.501. The Morgan fingerprint density at radius 1 is 1.16 bits per heavy atom. The lowest BCUT2D eigenvalue weighted by Gasteiger charge is -2.21. The fourth-order valence-electron chi connectivity index (χ4n) is 1.57. The first-order valence-corrected chi connectivity index (χ1v) is 6.66.